The van der Waals surface area contributed by atoms with E-state index < -0.39 is 57.4 Å². The fourth-order valence-electron chi connectivity index (χ4n) is 4.27. The molecule has 232 valence electrons. The van der Waals surface area contributed by atoms with Crippen molar-refractivity contribution in [1.29, 1.82) is 0 Å². The molecule has 0 radical (unpaired) electrons. The lowest BCUT2D eigenvalue weighted by molar-refractivity contribution is -0.141. The summed E-state index contributed by atoms with van der Waals surface area (Å²) in [6, 6.07) is 14.7. The molecule has 0 spiro atoms. The van der Waals surface area contributed by atoms with Crippen LogP contribution < -0.4 is 9.62 Å². The van der Waals surface area contributed by atoms with E-state index in [9.17, 15) is 31.2 Å². The van der Waals surface area contributed by atoms with Gasteiger partial charge in [0, 0.05) is 17.1 Å². The molecule has 0 bridgehead atoms. The van der Waals surface area contributed by atoms with Crippen molar-refractivity contribution in [1.82, 2.24) is 10.2 Å². The Hall–Kier alpha value is -3.28. The Morgan fingerprint density at radius 2 is 1.53 bits per heavy atom. The summed E-state index contributed by atoms with van der Waals surface area (Å²) < 4.78 is 69.4. The standard InChI is InChI=1S/C30H32Cl2F3N3O4S/c1-5-25(28(40)36-29(2,3)4)37(18-20-11-14-22(31)15-12-20)27(39)19-38(43(41,42)23-9-7-6-8-10-23)26-17-21(30(33,34)35)13-16-24(26)32/h6-17,25H,5,18-19H2,1-4H3,(H,36,40)/t25-/m0/s1. The highest BCUT2D eigenvalue weighted by Crippen LogP contribution is 2.37. The lowest BCUT2D eigenvalue weighted by Gasteiger charge is -2.35. The van der Waals surface area contributed by atoms with Gasteiger partial charge in [0.1, 0.15) is 12.6 Å². The normalized spacial score (nSPS) is 12.9. The molecule has 0 aromatic heterocycles. The molecule has 0 heterocycles. The number of sulfonamides is 1. The van der Waals surface area contributed by atoms with Crippen LogP contribution in [0.25, 0.3) is 0 Å². The number of alkyl halides is 3. The van der Waals surface area contributed by atoms with Crippen molar-refractivity contribution in [2.24, 2.45) is 0 Å². The monoisotopic (exact) mass is 657 g/mol. The third-order valence-electron chi connectivity index (χ3n) is 6.30. The minimum atomic E-state index is -4.81. The van der Waals surface area contributed by atoms with Crippen LogP contribution in [0, 0.1) is 0 Å². The van der Waals surface area contributed by atoms with Gasteiger partial charge in [0.2, 0.25) is 11.8 Å². The molecule has 0 fully saturated rings. The highest BCUT2D eigenvalue weighted by molar-refractivity contribution is 7.92. The Kier molecular flexibility index (Phi) is 10.8. The SMILES string of the molecule is CC[C@@H](C(=O)NC(C)(C)C)N(Cc1ccc(Cl)cc1)C(=O)CN(c1cc(C(F)(F)F)ccc1Cl)S(=O)(=O)c1ccccc1. The number of benzene rings is 3. The second-order valence-electron chi connectivity index (χ2n) is 10.8. The molecule has 3 aromatic carbocycles. The fourth-order valence-corrected chi connectivity index (χ4v) is 6.11. The minimum Gasteiger partial charge on any atom is -0.350 e. The van der Waals surface area contributed by atoms with Crippen LogP contribution in [0.5, 0.6) is 0 Å². The van der Waals surface area contributed by atoms with Gasteiger partial charge in [-0.2, -0.15) is 13.2 Å². The van der Waals surface area contributed by atoms with Gasteiger partial charge in [-0.05, 0) is 75.2 Å². The van der Waals surface area contributed by atoms with Crippen molar-refractivity contribution in [3.8, 4) is 0 Å². The molecule has 3 rings (SSSR count). The van der Waals surface area contributed by atoms with Crippen molar-refractivity contribution in [2.75, 3.05) is 10.8 Å². The second kappa shape index (κ2) is 13.6. The Morgan fingerprint density at radius 3 is 2.07 bits per heavy atom. The molecule has 3 aromatic rings. The topological polar surface area (TPSA) is 86.8 Å². The van der Waals surface area contributed by atoms with E-state index in [-0.39, 0.29) is 22.9 Å². The van der Waals surface area contributed by atoms with Gasteiger partial charge in [0.25, 0.3) is 10.0 Å². The summed E-state index contributed by atoms with van der Waals surface area (Å²) in [7, 11) is -4.61. The van der Waals surface area contributed by atoms with Gasteiger partial charge in [-0.3, -0.25) is 13.9 Å². The van der Waals surface area contributed by atoms with Crippen molar-refractivity contribution in [3.05, 3.63) is 94.0 Å². The maximum absolute atomic E-state index is 14.1. The number of amides is 2. The lowest BCUT2D eigenvalue weighted by Crippen LogP contribution is -2.55. The summed E-state index contributed by atoms with van der Waals surface area (Å²) >= 11 is 12.3. The molecule has 0 aliphatic carbocycles. The van der Waals surface area contributed by atoms with Crippen LogP contribution in [-0.4, -0.2) is 43.3 Å². The molecular weight excluding hydrogens is 626 g/mol. The largest absolute Gasteiger partial charge is 0.416 e. The average Bonchev–Trinajstić information content (AvgIpc) is 2.92. The third-order valence-corrected chi connectivity index (χ3v) is 8.65. The number of halogens is 5. The van der Waals surface area contributed by atoms with Crippen LogP contribution >= 0.6 is 23.2 Å². The summed E-state index contributed by atoms with van der Waals surface area (Å²) in [6.45, 7) is 5.95. The van der Waals surface area contributed by atoms with Gasteiger partial charge in [0.15, 0.2) is 0 Å². The number of nitrogens with zero attached hydrogens (tertiary/aromatic N) is 2. The molecule has 0 unspecified atom stereocenters. The van der Waals surface area contributed by atoms with Gasteiger partial charge in [-0.1, -0.05) is 60.5 Å². The van der Waals surface area contributed by atoms with E-state index in [1.165, 1.54) is 29.2 Å². The predicted octanol–water partition coefficient (Wildman–Crippen LogP) is 6.93. The number of hydrogen-bond acceptors (Lipinski definition) is 4. The van der Waals surface area contributed by atoms with E-state index in [4.69, 9.17) is 23.2 Å². The van der Waals surface area contributed by atoms with Crippen LogP contribution in [0.15, 0.2) is 77.7 Å². The van der Waals surface area contributed by atoms with E-state index in [2.05, 4.69) is 5.32 Å². The lowest BCUT2D eigenvalue weighted by atomic mass is 10.1. The van der Waals surface area contributed by atoms with E-state index >= 15 is 0 Å². The second-order valence-corrected chi connectivity index (χ2v) is 13.5. The van der Waals surface area contributed by atoms with E-state index in [1.54, 1.807) is 58.0 Å². The average molecular weight is 659 g/mol. The summed E-state index contributed by atoms with van der Waals surface area (Å²) in [4.78, 5) is 28.4. The number of carbonyl (C=O) groups is 2. The van der Waals surface area contributed by atoms with Crippen LogP contribution in [0.1, 0.15) is 45.2 Å². The molecule has 13 heteroatoms. The van der Waals surface area contributed by atoms with Crippen LogP contribution in [0.2, 0.25) is 10.0 Å². The third kappa shape index (κ3) is 8.87. The van der Waals surface area contributed by atoms with Crippen molar-refractivity contribution >= 4 is 50.7 Å². The first kappa shape index (κ1) is 34.2. The number of anilines is 1. The Labute approximate surface area is 259 Å². The highest BCUT2D eigenvalue weighted by atomic mass is 35.5. The van der Waals surface area contributed by atoms with Crippen LogP contribution in [0.4, 0.5) is 18.9 Å². The van der Waals surface area contributed by atoms with Crippen molar-refractivity contribution in [3.63, 3.8) is 0 Å². The summed E-state index contributed by atoms with van der Waals surface area (Å²) in [5.41, 5.74) is -1.74. The highest BCUT2D eigenvalue weighted by Gasteiger charge is 2.37. The van der Waals surface area contributed by atoms with E-state index in [0.29, 0.717) is 21.0 Å². The molecule has 0 aliphatic rings. The summed E-state index contributed by atoms with van der Waals surface area (Å²) in [5.74, 6) is -1.31. The summed E-state index contributed by atoms with van der Waals surface area (Å²) in [5, 5.41) is 2.97. The number of carbonyl (C=O) groups excluding carboxylic acids is 2. The van der Waals surface area contributed by atoms with Crippen LogP contribution in [0.3, 0.4) is 0 Å². The predicted molar refractivity (Wildman–Crippen MR) is 161 cm³/mol. The van der Waals surface area contributed by atoms with Gasteiger partial charge in [0.05, 0.1) is 21.2 Å². The number of hydrogen-bond donors (Lipinski definition) is 1. The first-order valence-corrected chi connectivity index (χ1v) is 15.4. The maximum Gasteiger partial charge on any atom is 0.416 e. The number of nitrogens with one attached hydrogen (secondary N) is 1. The molecular formula is C30H32Cl2F3N3O4S. The van der Waals surface area contributed by atoms with Gasteiger partial charge in [-0.25, -0.2) is 8.42 Å². The number of rotatable bonds is 10. The minimum absolute atomic E-state index is 0.110. The Bertz CT molecular complexity index is 1550. The van der Waals surface area contributed by atoms with Gasteiger partial charge in [-0.15, -0.1) is 0 Å². The molecule has 0 aliphatic heterocycles. The zero-order chi connectivity index (χ0) is 32.2. The first-order valence-electron chi connectivity index (χ1n) is 13.2. The molecule has 1 atom stereocenters. The van der Waals surface area contributed by atoms with Crippen molar-refractivity contribution < 1.29 is 31.2 Å². The van der Waals surface area contributed by atoms with E-state index in [1.807, 2.05) is 0 Å². The maximum atomic E-state index is 14.1. The Balaban J connectivity index is 2.16. The van der Waals surface area contributed by atoms with Gasteiger partial charge >= 0.3 is 6.18 Å². The molecule has 0 saturated carbocycles. The molecule has 0 saturated heterocycles. The molecule has 7 nitrogen and oxygen atoms in total. The zero-order valence-corrected chi connectivity index (χ0v) is 26.3. The van der Waals surface area contributed by atoms with Crippen molar-refractivity contribution in [2.45, 2.75) is 63.3 Å². The molecule has 43 heavy (non-hydrogen) atoms. The zero-order valence-electron chi connectivity index (χ0n) is 24.0. The van der Waals surface area contributed by atoms with Gasteiger partial charge < -0.3 is 10.2 Å². The Morgan fingerprint density at radius 1 is 0.930 bits per heavy atom. The molecule has 2 amide bonds. The van der Waals surface area contributed by atoms with Crippen LogP contribution in [-0.2, 0) is 32.3 Å². The fraction of sp³-hybridized carbons (Fsp3) is 0.333. The first-order chi connectivity index (χ1) is 19.9. The summed E-state index contributed by atoms with van der Waals surface area (Å²) in [6.07, 6.45) is -4.65. The smallest absolute Gasteiger partial charge is 0.350 e. The van der Waals surface area contributed by atoms with E-state index in [0.717, 1.165) is 12.1 Å². The quantitative estimate of drug-likeness (QED) is 0.256. The molecule has 1 N–H and O–H groups in total.